The number of aryl methyl sites for hydroxylation is 1. The number of aromatic nitrogens is 3. The number of fused-ring (bicyclic) bond motifs is 1. The van der Waals surface area contributed by atoms with Crippen LogP contribution < -0.4 is 0 Å². The number of benzene rings is 1. The van der Waals surface area contributed by atoms with E-state index in [4.69, 9.17) is 4.98 Å². The van der Waals surface area contributed by atoms with Gasteiger partial charge in [-0.1, -0.05) is 18.9 Å². The molecule has 108 valence electrons. The van der Waals surface area contributed by atoms with E-state index in [1.165, 1.54) is 36.9 Å². The van der Waals surface area contributed by atoms with Crippen LogP contribution in [0.3, 0.4) is 0 Å². The lowest BCUT2D eigenvalue weighted by molar-refractivity contribution is 0.524. The monoisotopic (exact) mass is 343 g/mol. The van der Waals surface area contributed by atoms with Gasteiger partial charge in [-0.05, 0) is 59.5 Å². The van der Waals surface area contributed by atoms with E-state index in [2.05, 4.69) is 62.9 Å². The van der Waals surface area contributed by atoms with Crippen LogP contribution in [0.5, 0.6) is 0 Å². The van der Waals surface area contributed by atoms with Gasteiger partial charge in [0.1, 0.15) is 0 Å². The van der Waals surface area contributed by atoms with Gasteiger partial charge in [-0.2, -0.15) is 0 Å². The van der Waals surface area contributed by atoms with Crippen LogP contribution in [0.15, 0.2) is 34.9 Å². The van der Waals surface area contributed by atoms with Crippen LogP contribution in [0.2, 0.25) is 0 Å². The lowest BCUT2D eigenvalue weighted by Crippen LogP contribution is -2.05. The van der Waals surface area contributed by atoms with Crippen LogP contribution in [0.1, 0.15) is 37.3 Å². The van der Waals surface area contributed by atoms with Crippen molar-refractivity contribution in [3.05, 3.63) is 40.5 Å². The molecule has 0 radical (unpaired) electrons. The molecule has 4 heteroatoms. The Bertz CT molecular complexity index is 794. The fraction of sp³-hybridized carbons (Fsp3) is 0.353. The molecule has 0 unspecified atom stereocenters. The van der Waals surface area contributed by atoms with Crippen molar-refractivity contribution >= 4 is 27.0 Å². The minimum Gasteiger partial charge on any atom is -0.341 e. The zero-order chi connectivity index (χ0) is 14.4. The summed E-state index contributed by atoms with van der Waals surface area (Å²) in [4.78, 5) is 8.25. The predicted octanol–water partition coefficient (Wildman–Crippen LogP) is 5.22. The maximum Gasteiger partial charge on any atom is 0.155 e. The summed E-state index contributed by atoms with van der Waals surface area (Å²) < 4.78 is 3.52. The van der Waals surface area contributed by atoms with Gasteiger partial charge in [-0.3, -0.25) is 0 Å². The number of nitrogens with zero attached hydrogens (tertiary/aromatic N) is 2. The smallest absolute Gasteiger partial charge is 0.155 e. The normalized spacial score (nSPS) is 16.1. The lowest BCUT2D eigenvalue weighted by Gasteiger charge is -2.14. The summed E-state index contributed by atoms with van der Waals surface area (Å²) >= 11 is 3.62. The number of rotatable bonds is 2. The minimum absolute atomic E-state index is 0.612. The van der Waals surface area contributed by atoms with Crippen LogP contribution in [0.25, 0.3) is 22.6 Å². The van der Waals surface area contributed by atoms with Crippen molar-refractivity contribution in [3.8, 4) is 11.5 Å². The third-order valence-electron chi connectivity index (χ3n) is 4.41. The van der Waals surface area contributed by atoms with Gasteiger partial charge in [0.2, 0.25) is 0 Å². The van der Waals surface area contributed by atoms with Crippen LogP contribution in [-0.2, 0) is 0 Å². The van der Waals surface area contributed by atoms with E-state index < -0.39 is 0 Å². The maximum atomic E-state index is 4.77. The first-order valence-electron chi connectivity index (χ1n) is 7.55. The Morgan fingerprint density at radius 2 is 2.05 bits per heavy atom. The van der Waals surface area contributed by atoms with E-state index in [9.17, 15) is 0 Å². The van der Waals surface area contributed by atoms with E-state index >= 15 is 0 Å². The second kappa shape index (κ2) is 5.02. The molecule has 3 aromatic rings. The molecule has 1 aromatic carbocycles. The Kier molecular flexibility index (Phi) is 3.14. The summed E-state index contributed by atoms with van der Waals surface area (Å²) in [6.07, 6.45) is 7.41. The second-order valence-corrected chi connectivity index (χ2v) is 6.91. The highest BCUT2D eigenvalue weighted by Crippen LogP contribution is 2.35. The summed E-state index contributed by atoms with van der Waals surface area (Å²) in [5.41, 5.74) is 4.58. The highest BCUT2D eigenvalue weighted by molar-refractivity contribution is 9.10. The summed E-state index contributed by atoms with van der Waals surface area (Å²) in [6, 6.07) is 9.13. The number of halogens is 1. The number of hydrogen-bond donors (Lipinski definition) is 1. The van der Waals surface area contributed by atoms with Crippen LogP contribution in [-0.4, -0.2) is 14.5 Å². The molecule has 1 aliphatic rings. The van der Waals surface area contributed by atoms with E-state index in [-0.39, 0.29) is 0 Å². The van der Waals surface area contributed by atoms with Gasteiger partial charge in [0, 0.05) is 16.7 Å². The van der Waals surface area contributed by atoms with E-state index in [0.717, 1.165) is 21.3 Å². The standard InChI is InChI=1S/C17H18BrN3/c1-11-6-7-14-15(8-11)20-17(19-14)16-9-12(18)10-21(16)13-4-2-3-5-13/h6-10,13H,2-5H2,1H3,(H,19,20). The lowest BCUT2D eigenvalue weighted by atomic mass is 10.2. The molecule has 0 atom stereocenters. The molecule has 0 amide bonds. The highest BCUT2D eigenvalue weighted by atomic mass is 79.9. The second-order valence-electron chi connectivity index (χ2n) is 6.00. The first kappa shape index (κ1) is 13.1. The van der Waals surface area contributed by atoms with Gasteiger partial charge in [0.25, 0.3) is 0 Å². The first-order chi connectivity index (χ1) is 10.2. The Morgan fingerprint density at radius 1 is 1.24 bits per heavy atom. The Balaban J connectivity index is 1.84. The third-order valence-corrected chi connectivity index (χ3v) is 4.85. The molecule has 21 heavy (non-hydrogen) atoms. The molecular weight excluding hydrogens is 326 g/mol. The molecule has 1 saturated carbocycles. The van der Waals surface area contributed by atoms with Crippen LogP contribution in [0, 0.1) is 6.92 Å². The van der Waals surface area contributed by atoms with Gasteiger partial charge < -0.3 is 9.55 Å². The van der Waals surface area contributed by atoms with Crippen molar-refractivity contribution in [2.24, 2.45) is 0 Å². The SMILES string of the molecule is Cc1ccc2nc(-c3cc(Br)cn3C3CCCC3)[nH]c2c1. The van der Waals surface area contributed by atoms with Crippen molar-refractivity contribution in [2.45, 2.75) is 38.6 Å². The number of nitrogens with one attached hydrogen (secondary N) is 1. The molecule has 1 N–H and O–H groups in total. The topological polar surface area (TPSA) is 33.6 Å². The van der Waals surface area contributed by atoms with Gasteiger partial charge in [-0.15, -0.1) is 0 Å². The molecule has 4 rings (SSSR count). The first-order valence-corrected chi connectivity index (χ1v) is 8.34. The largest absolute Gasteiger partial charge is 0.341 e. The van der Waals surface area contributed by atoms with Gasteiger partial charge in [0.15, 0.2) is 5.82 Å². The molecule has 2 aromatic heterocycles. The molecule has 0 saturated heterocycles. The highest BCUT2D eigenvalue weighted by Gasteiger charge is 2.21. The quantitative estimate of drug-likeness (QED) is 0.680. The minimum atomic E-state index is 0.612. The molecule has 1 aliphatic carbocycles. The number of H-pyrrole nitrogens is 1. The summed E-state index contributed by atoms with van der Waals surface area (Å²) in [6.45, 7) is 2.11. The molecule has 0 bridgehead atoms. The van der Waals surface area contributed by atoms with Crippen molar-refractivity contribution in [2.75, 3.05) is 0 Å². The number of imidazole rings is 1. The number of aromatic amines is 1. The molecule has 3 nitrogen and oxygen atoms in total. The van der Waals surface area contributed by atoms with Crippen molar-refractivity contribution in [3.63, 3.8) is 0 Å². The fourth-order valence-electron chi connectivity index (χ4n) is 3.36. The van der Waals surface area contributed by atoms with Crippen molar-refractivity contribution in [1.29, 1.82) is 0 Å². The summed E-state index contributed by atoms with van der Waals surface area (Å²) in [5.74, 6) is 0.966. The summed E-state index contributed by atoms with van der Waals surface area (Å²) in [7, 11) is 0. The molecule has 2 heterocycles. The zero-order valence-corrected chi connectivity index (χ0v) is 13.7. The molecule has 0 spiro atoms. The fourth-order valence-corrected chi connectivity index (χ4v) is 3.80. The van der Waals surface area contributed by atoms with Crippen molar-refractivity contribution in [1.82, 2.24) is 14.5 Å². The van der Waals surface area contributed by atoms with Gasteiger partial charge >= 0.3 is 0 Å². The molecule has 0 aliphatic heterocycles. The van der Waals surface area contributed by atoms with Crippen molar-refractivity contribution < 1.29 is 0 Å². The number of hydrogen-bond acceptors (Lipinski definition) is 1. The Morgan fingerprint density at radius 3 is 2.86 bits per heavy atom. The molecule has 1 fully saturated rings. The average Bonchev–Trinajstić information content (AvgIpc) is 3.14. The third kappa shape index (κ3) is 2.31. The van der Waals surface area contributed by atoms with Gasteiger partial charge in [0.05, 0.1) is 16.7 Å². The predicted molar refractivity (Wildman–Crippen MR) is 89.5 cm³/mol. The molecular formula is C17H18BrN3. The van der Waals surface area contributed by atoms with Crippen LogP contribution in [0.4, 0.5) is 0 Å². The van der Waals surface area contributed by atoms with Crippen LogP contribution >= 0.6 is 15.9 Å². The zero-order valence-electron chi connectivity index (χ0n) is 12.1. The Hall–Kier alpha value is -1.55. The van der Waals surface area contributed by atoms with Gasteiger partial charge in [-0.25, -0.2) is 4.98 Å². The average molecular weight is 344 g/mol. The van der Waals surface area contributed by atoms with E-state index in [0.29, 0.717) is 6.04 Å². The summed E-state index contributed by atoms with van der Waals surface area (Å²) in [5, 5.41) is 0. The maximum absolute atomic E-state index is 4.77. The van der Waals surface area contributed by atoms with E-state index in [1.54, 1.807) is 0 Å². The van der Waals surface area contributed by atoms with E-state index in [1.807, 2.05) is 0 Å². The Labute approximate surface area is 132 Å².